The lowest BCUT2D eigenvalue weighted by atomic mass is 10.1. The highest BCUT2D eigenvalue weighted by Gasteiger charge is 2.39. The fourth-order valence-electron chi connectivity index (χ4n) is 3.39. The van der Waals surface area contributed by atoms with Crippen molar-refractivity contribution in [3.8, 4) is 0 Å². The molecule has 0 saturated carbocycles. The number of carbonyl (C=O) groups excluding carboxylic acids is 4. The Morgan fingerprint density at radius 1 is 0.968 bits per heavy atom. The number of hydrogen-bond donors (Lipinski definition) is 1. The Morgan fingerprint density at radius 2 is 1.58 bits per heavy atom. The molecule has 0 unspecified atom stereocenters. The smallest absolute Gasteiger partial charge is 0.331 e. The van der Waals surface area contributed by atoms with E-state index < -0.39 is 29.7 Å². The molecule has 1 atom stereocenters. The number of aliphatic imine (C=N–C) groups is 1. The zero-order chi connectivity index (χ0) is 22.5. The molecule has 0 radical (unpaired) electrons. The number of aliphatic carboxylic acids is 1. The lowest BCUT2D eigenvalue weighted by Gasteiger charge is -2.28. The number of unbranched alkanes of at least 4 members (excludes halogenated alkanes) is 7. The third kappa shape index (κ3) is 8.70. The molecule has 1 aromatic carbocycles. The van der Waals surface area contributed by atoms with Gasteiger partial charge >= 0.3 is 6.03 Å². The summed E-state index contributed by atoms with van der Waals surface area (Å²) in [5.74, 6) is -3.26. The van der Waals surface area contributed by atoms with Crippen LogP contribution in [0.3, 0.4) is 0 Å². The first-order valence-electron chi connectivity index (χ1n) is 10.9. The number of barbiturate groups is 1. The average molecular weight is 429 g/mol. The van der Waals surface area contributed by atoms with E-state index in [4.69, 9.17) is 0 Å². The molecule has 0 aliphatic carbocycles. The van der Waals surface area contributed by atoms with Gasteiger partial charge in [-0.2, -0.15) is 0 Å². The van der Waals surface area contributed by atoms with Crippen molar-refractivity contribution < 1.29 is 24.3 Å². The van der Waals surface area contributed by atoms with Gasteiger partial charge in [-0.15, -0.1) is 0 Å². The number of carboxylic acids is 1. The van der Waals surface area contributed by atoms with Crippen LogP contribution in [0.15, 0.2) is 35.3 Å². The molecule has 168 valence electrons. The van der Waals surface area contributed by atoms with Crippen LogP contribution < -0.4 is 10.4 Å². The van der Waals surface area contributed by atoms with Crippen molar-refractivity contribution in [1.29, 1.82) is 0 Å². The summed E-state index contributed by atoms with van der Waals surface area (Å²) in [5.41, 5.74) is 0.801. The third-order valence-electron chi connectivity index (χ3n) is 5.15. The van der Waals surface area contributed by atoms with Crippen molar-refractivity contribution in [2.24, 2.45) is 10.9 Å². The van der Waals surface area contributed by atoms with Crippen molar-refractivity contribution in [3.63, 3.8) is 0 Å². The fraction of sp³-hybridized carbons (Fsp3) is 0.522. The van der Waals surface area contributed by atoms with Gasteiger partial charge in [-0.3, -0.25) is 24.8 Å². The van der Waals surface area contributed by atoms with E-state index in [0.717, 1.165) is 55.4 Å². The van der Waals surface area contributed by atoms with Crippen LogP contribution in [0.5, 0.6) is 0 Å². The van der Waals surface area contributed by atoms with E-state index in [2.05, 4.69) is 10.3 Å². The van der Waals surface area contributed by atoms with E-state index in [1.807, 2.05) is 30.3 Å². The summed E-state index contributed by atoms with van der Waals surface area (Å²) in [6.45, 7) is 0.631. The molecule has 8 heteroatoms. The summed E-state index contributed by atoms with van der Waals surface area (Å²) in [6, 6.07) is 8.41. The largest absolute Gasteiger partial charge is 0.550 e. The monoisotopic (exact) mass is 428 g/mol. The van der Waals surface area contributed by atoms with Gasteiger partial charge in [-0.25, -0.2) is 4.79 Å². The van der Waals surface area contributed by atoms with Gasteiger partial charge in [0.2, 0.25) is 11.8 Å². The standard InChI is InChI=1S/C23H31N3O5/c27-20(28)14-10-5-3-1-2-4-6-11-15-24-16-19-21(29)25-23(31)26(22(19)30)17-18-12-8-7-9-13-18/h7-9,12-13,16,19H,1-6,10-11,14-15,17H2,(H,27,28)(H,25,29,31)/p-1/t19-/m0/s1. The van der Waals surface area contributed by atoms with Crippen molar-refractivity contribution in [1.82, 2.24) is 10.2 Å². The molecule has 0 aromatic heterocycles. The minimum Gasteiger partial charge on any atom is -0.550 e. The van der Waals surface area contributed by atoms with Crippen LogP contribution in [0.1, 0.15) is 63.4 Å². The van der Waals surface area contributed by atoms with Crippen LogP contribution in [0.4, 0.5) is 4.79 Å². The maximum atomic E-state index is 12.6. The second kappa shape index (κ2) is 13.3. The first kappa shape index (κ1) is 24.2. The molecule has 1 aromatic rings. The highest BCUT2D eigenvalue weighted by molar-refractivity contribution is 6.23. The van der Waals surface area contributed by atoms with Crippen molar-refractivity contribution >= 4 is 30.0 Å². The Hall–Kier alpha value is -3.03. The Kier molecular flexibility index (Phi) is 10.4. The van der Waals surface area contributed by atoms with Gasteiger partial charge in [0, 0.05) is 18.7 Å². The summed E-state index contributed by atoms with van der Waals surface area (Å²) in [4.78, 5) is 52.3. The summed E-state index contributed by atoms with van der Waals surface area (Å²) in [6.07, 6.45) is 9.21. The predicted octanol–water partition coefficient (Wildman–Crippen LogP) is 2.21. The van der Waals surface area contributed by atoms with Gasteiger partial charge in [0.05, 0.1) is 6.54 Å². The van der Waals surface area contributed by atoms with E-state index in [1.165, 1.54) is 6.21 Å². The van der Waals surface area contributed by atoms with Crippen LogP contribution in [-0.4, -0.2) is 41.5 Å². The van der Waals surface area contributed by atoms with E-state index in [-0.39, 0.29) is 13.0 Å². The van der Waals surface area contributed by atoms with Crippen LogP contribution in [-0.2, 0) is 20.9 Å². The highest BCUT2D eigenvalue weighted by Crippen LogP contribution is 2.14. The summed E-state index contributed by atoms with van der Waals surface area (Å²) in [5, 5.41) is 12.5. The topological polar surface area (TPSA) is 119 Å². The van der Waals surface area contributed by atoms with E-state index in [0.29, 0.717) is 13.0 Å². The van der Waals surface area contributed by atoms with E-state index in [9.17, 15) is 24.3 Å². The first-order valence-corrected chi connectivity index (χ1v) is 10.9. The minimum atomic E-state index is -1.08. The first-order chi connectivity index (χ1) is 15.0. The number of nitrogens with zero attached hydrogens (tertiary/aromatic N) is 2. The molecular weight excluding hydrogens is 398 g/mol. The van der Waals surface area contributed by atoms with Gasteiger partial charge in [-0.05, 0) is 24.8 Å². The zero-order valence-electron chi connectivity index (χ0n) is 17.8. The quantitative estimate of drug-likeness (QED) is 0.277. The van der Waals surface area contributed by atoms with Gasteiger partial charge in [0.25, 0.3) is 0 Å². The molecule has 1 aliphatic rings. The van der Waals surface area contributed by atoms with Crippen LogP contribution >= 0.6 is 0 Å². The third-order valence-corrected chi connectivity index (χ3v) is 5.15. The Morgan fingerprint density at radius 3 is 2.23 bits per heavy atom. The molecule has 0 bridgehead atoms. The van der Waals surface area contributed by atoms with Gasteiger partial charge in [0.1, 0.15) is 0 Å². The van der Waals surface area contributed by atoms with Gasteiger partial charge in [-0.1, -0.05) is 68.9 Å². The molecular formula is C23H30N3O5-. The maximum absolute atomic E-state index is 12.6. The lowest BCUT2D eigenvalue weighted by molar-refractivity contribution is -0.305. The molecule has 8 nitrogen and oxygen atoms in total. The SMILES string of the molecule is O=C([O-])CCCCCCCCCCN=C[C@H]1C(=O)NC(=O)N(Cc2ccccc2)C1=O. The van der Waals surface area contributed by atoms with E-state index >= 15 is 0 Å². The Balaban J connectivity index is 1.65. The van der Waals surface area contributed by atoms with E-state index in [1.54, 1.807) is 0 Å². The lowest BCUT2D eigenvalue weighted by Crippen LogP contribution is -2.57. The molecule has 0 spiro atoms. The second-order valence-electron chi connectivity index (χ2n) is 7.69. The average Bonchev–Trinajstić information content (AvgIpc) is 2.74. The van der Waals surface area contributed by atoms with Crippen molar-refractivity contribution in [2.45, 2.75) is 64.3 Å². The molecule has 1 fully saturated rings. The number of carboxylic acid groups (broad SMARTS) is 1. The number of rotatable bonds is 14. The number of urea groups is 1. The summed E-state index contributed by atoms with van der Waals surface area (Å²) < 4.78 is 0. The molecule has 1 N–H and O–H groups in total. The number of benzene rings is 1. The van der Waals surface area contributed by atoms with Crippen LogP contribution in [0.2, 0.25) is 0 Å². The Labute approximate surface area is 182 Å². The van der Waals surface area contributed by atoms with Gasteiger partial charge in [0.15, 0.2) is 5.92 Å². The maximum Gasteiger partial charge on any atom is 0.331 e. The second-order valence-corrected chi connectivity index (χ2v) is 7.69. The molecule has 1 saturated heterocycles. The Bertz CT molecular complexity index is 779. The van der Waals surface area contributed by atoms with Crippen molar-refractivity contribution in [2.75, 3.05) is 6.54 Å². The van der Waals surface area contributed by atoms with Crippen molar-refractivity contribution in [3.05, 3.63) is 35.9 Å². The summed E-state index contributed by atoms with van der Waals surface area (Å²) in [7, 11) is 0. The van der Waals surface area contributed by atoms with Gasteiger partial charge < -0.3 is 9.90 Å². The molecule has 4 amide bonds. The number of nitrogens with one attached hydrogen (secondary N) is 1. The normalized spacial score (nSPS) is 16.7. The van der Waals surface area contributed by atoms with Crippen LogP contribution in [0.25, 0.3) is 0 Å². The number of amides is 4. The highest BCUT2D eigenvalue weighted by atomic mass is 16.4. The minimum absolute atomic E-state index is 0.107. The fourth-order valence-corrected chi connectivity index (χ4v) is 3.39. The summed E-state index contributed by atoms with van der Waals surface area (Å²) >= 11 is 0. The molecule has 2 rings (SSSR count). The molecule has 1 heterocycles. The predicted molar refractivity (Wildman–Crippen MR) is 114 cm³/mol. The number of hydrogen-bond acceptors (Lipinski definition) is 6. The molecule has 31 heavy (non-hydrogen) atoms. The molecule has 1 aliphatic heterocycles. The number of carbonyl (C=O) groups is 4. The number of imide groups is 2. The zero-order valence-corrected chi connectivity index (χ0v) is 17.8. The van der Waals surface area contributed by atoms with Crippen LogP contribution in [0, 0.1) is 5.92 Å².